The third-order valence-corrected chi connectivity index (χ3v) is 6.44. The average molecular weight is 330 g/mol. The second-order valence-electron chi connectivity index (χ2n) is 4.93. The number of hydrogen-bond donors (Lipinski definition) is 0. The minimum atomic E-state index is -0.880. The van der Waals surface area contributed by atoms with Crippen LogP contribution in [0.3, 0.4) is 0 Å². The summed E-state index contributed by atoms with van der Waals surface area (Å²) in [5.41, 5.74) is 1.44. The number of rotatable bonds is 4. The molecule has 0 bridgehead atoms. The first-order chi connectivity index (χ1) is 6.88. The summed E-state index contributed by atoms with van der Waals surface area (Å²) in [5.74, 6) is 0. The molecule has 0 N–H and O–H groups in total. The normalized spacial score (nSPS) is 18.0. The molecule has 1 unspecified atom stereocenters. The topological polar surface area (TPSA) is 9.23 Å². The van der Waals surface area contributed by atoms with Crippen molar-refractivity contribution in [1.29, 1.82) is 0 Å². The van der Waals surface area contributed by atoms with Gasteiger partial charge in [0.05, 0.1) is 0 Å². The van der Waals surface area contributed by atoms with Gasteiger partial charge in [0.2, 0.25) is 0 Å². The van der Waals surface area contributed by atoms with Crippen molar-refractivity contribution < 1.29 is 25.2 Å². The van der Waals surface area contributed by atoms with E-state index in [9.17, 15) is 0 Å². The molecule has 5 heteroatoms. The van der Waals surface area contributed by atoms with Crippen LogP contribution in [0.4, 0.5) is 0 Å². The zero-order valence-electron chi connectivity index (χ0n) is 11.2. The number of allylic oxidation sites excluding steroid dienone is 2. The molecule has 1 rings (SSSR count). The van der Waals surface area contributed by atoms with Gasteiger partial charge in [0.1, 0.15) is 0 Å². The quantitative estimate of drug-likeness (QED) is 0.713. The van der Waals surface area contributed by atoms with Crippen molar-refractivity contribution >= 4 is 33.6 Å². The van der Waals surface area contributed by atoms with E-state index in [0.29, 0.717) is 6.10 Å². The molecule has 1 atom stereocenters. The average Bonchev–Trinajstić information content (AvgIpc) is 2.49. The van der Waals surface area contributed by atoms with E-state index in [0.717, 1.165) is 6.42 Å². The van der Waals surface area contributed by atoms with Crippen molar-refractivity contribution in [1.82, 2.24) is 0 Å². The first-order valence-corrected chi connectivity index (χ1v) is 9.34. The van der Waals surface area contributed by atoms with Gasteiger partial charge in [0.15, 0.2) is 0 Å². The Labute approximate surface area is 131 Å². The van der Waals surface area contributed by atoms with E-state index in [1.165, 1.54) is 9.45 Å². The molecule has 17 heavy (non-hydrogen) atoms. The van der Waals surface area contributed by atoms with Crippen molar-refractivity contribution in [3.8, 4) is 0 Å². The Morgan fingerprint density at radius 3 is 2.18 bits per heavy atom. The molecule has 0 saturated carbocycles. The molecule has 0 amide bonds. The van der Waals surface area contributed by atoms with E-state index in [2.05, 4.69) is 66.5 Å². The zero-order chi connectivity index (χ0) is 11.6. The molecule has 0 aromatic heterocycles. The molecule has 1 aliphatic carbocycles. The first kappa shape index (κ1) is 20.3. The molecule has 0 aromatic rings. The molecular formula is C12H23Cl2OSiTi. The Hall–Kier alpha value is 0.951. The van der Waals surface area contributed by atoms with Crippen molar-refractivity contribution in [3.05, 3.63) is 21.6 Å². The molecule has 1 aliphatic rings. The van der Waals surface area contributed by atoms with Crippen molar-refractivity contribution in [2.45, 2.75) is 51.6 Å². The van der Waals surface area contributed by atoms with Crippen molar-refractivity contribution in [2.75, 3.05) is 0 Å². The Morgan fingerprint density at radius 2 is 1.88 bits per heavy atom. The van der Waals surface area contributed by atoms with Crippen LogP contribution in [0.1, 0.15) is 27.2 Å². The molecule has 0 aromatic carbocycles. The van der Waals surface area contributed by atoms with Crippen LogP contribution in [-0.4, -0.2) is 20.1 Å². The Kier molecular flexibility index (Phi) is 9.76. The Morgan fingerprint density at radius 1 is 1.35 bits per heavy atom. The molecule has 99 valence electrons. The molecule has 0 aliphatic heterocycles. The number of hydrogen-bond acceptors (Lipinski definition) is 1. The second kappa shape index (κ2) is 8.19. The molecule has 0 fully saturated rings. The fourth-order valence-corrected chi connectivity index (χ4v) is 4.33. The van der Waals surface area contributed by atoms with Crippen LogP contribution >= 0.6 is 24.8 Å². The van der Waals surface area contributed by atoms with Crippen molar-refractivity contribution in [2.24, 2.45) is 0 Å². The predicted molar refractivity (Wildman–Crippen MR) is 78.8 cm³/mol. The monoisotopic (exact) mass is 329 g/mol. The number of halogens is 2. The maximum absolute atomic E-state index is 6.21. The molecule has 1 nitrogen and oxygen atoms in total. The summed E-state index contributed by atoms with van der Waals surface area (Å²) in [7, 11) is -0.880. The van der Waals surface area contributed by atoms with Crippen LogP contribution in [0.15, 0.2) is 21.6 Å². The number of ether oxygens (including phenoxy) is 1. The fourth-order valence-electron chi connectivity index (χ4n) is 1.97. The predicted octanol–water partition coefficient (Wildman–Crippen LogP) is 3.80. The Bertz CT molecular complexity index is 303. The standard InChI is InChI=1S/C12H21OSi.2ClH.Ti/c1-10(2)13-12(3,14(4)5)11-8-6-7-9-11;;;/h6,8,10,14H,7H2,1-5H3;2*1H;. The van der Waals surface area contributed by atoms with E-state index in [1.807, 2.05) is 0 Å². The van der Waals surface area contributed by atoms with Crippen LogP contribution in [0, 0.1) is 0 Å². The third-order valence-electron chi connectivity index (χ3n) is 3.05. The van der Waals surface area contributed by atoms with Crippen LogP contribution in [-0.2, 0) is 25.2 Å². The first-order valence-electron chi connectivity index (χ1n) is 5.67. The van der Waals surface area contributed by atoms with Gasteiger partial charge >= 0.3 is 107 Å². The third kappa shape index (κ3) is 4.85. The van der Waals surface area contributed by atoms with Gasteiger partial charge in [0.25, 0.3) is 0 Å². The van der Waals surface area contributed by atoms with E-state index in [4.69, 9.17) is 4.74 Å². The zero-order valence-corrected chi connectivity index (χ0v) is 15.6. The van der Waals surface area contributed by atoms with Gasteiger partial charge in [-0.3, -0.25) is 0 Å². The molecule has 0 heterocycles. The van der Waals surface area contributed by atoms with Gasteiger partial charge < -0.3 is 0 Å². The maximum atomic E-state index is 6.21. The van der Waals surface area contributed by atoms with E-state index >= 15 is 0 Å². The second-order valence-corrected chi connectivity index (χ2v) is 9.28. The largest absolute Gasteiger partial charge is 0.147 e. The van der Waals surface area contributed by atoms with Crippen molar-refractivity contribution in [3.63, 3.8) is 0 Å². The molecular weight excluding hydrogens is 307 g/mol. The van der Waals surface area contributed by atoms with Gasteiger partial charge in [0, 0.05) is 0 Å². The van der Waals surface area contributed by atoms with Crippen LogP contribution < -0.4 is 0 Å². The SMILES string of the molecule is CC(C)OC(C)(C1=[C]([Ti])CC=C1)[SiH](C)C.Cl.Cl. The fraction of sp³-hybridized carbons (Fsp3) is 0.667. The summed E-state index contributed by atoms with van der Waals surface area (Å²) < 4.78 is 7.69. The summed E-state index contributed by atoms with van der Waals surface area (Å²) in [4.78, 5) is 0. The van der Waals surface area contributed by atoms with Gasteiger partial charge in [-0.25, -0.2) is 0 Å². The molecule has 0 radical (unpaired) electrons. The molecule has 0 spiro atoms. The van der Waals surface area contributed by atoms with Gasteiger partial charge in [-0.05, 0) is 0 Å². The van der Waals surface area contributed by atoms with E-state index < -0.39 is 8.80 Å². The minimum absolute atomic E-state index is 0. The van der Waals surface area contributed by atoms with Gasteiger partial charge in [-0.2, -0.15) is 0 Å². The summed E-state index contributed by atoms with van der Waals surface area (Å²) in [6.45, 7) is 11.3. The summed E-state index contributed by atoms with van der Waals surface area (Å²) in [6.07, 6.45) is 5.93. The Balaban J connectivity index is 0. The van der Waals surface area contributed by atoms with Gasteiger partial charge in [-0.15, -0.1) is 24.8 Å². The van der Waals surface area contributed by atoms with Crippen LogP contribution in [0.25, 0.3) is 0 Å². The van der Waals surface area contributed by atoms with E-state index in [-0.39, 0.29) is 30.0 Å². The van der Waals surface area contributed by atoms with E-state index in [1.54, 1.807) is 0 Å². The summed E-state index contributed by atoms with van der Waals surface area (Å²) in [6, 6.07) is 0. The van der Waals surface area contributed by atoms with Crippen LogP contribution in [0.2, 0.25) is 13.1 Å². The molecule has 0 saturated heterocycles. The summed E-state index contributed by atoms with van der Waals surface area (Å²) >= 11 is 2.23. The minimum Gasteiger partial charge on any atom is -0.147 e. The maximum Gasteiger partial charge on any atom is -0.147 e. The van der Waals surface area contributed by atoms with Crippen LogP contribution in [0.5, 0.6) is 0 Å². The van der Waals surface area contributed by atoms with Gasteiger partial charge in [-0.1, -0.05) is 0 Å². The summed E-state index contributed by atoms with van der Waals surface area (Å²) in [5, 5.41) is 0.00521. The smallest absolute Gasteiger partial charge is 0.147 e.